The van der Waals surface area contributed by atoms with E-state index in [9.17, 15) is 0 Å². The Morgan fingerprint density at radius 2 is 1.89 bits per heavy atom. The molecule has 0 bridgehead atoms. The second kappa shape index (κ2) is 7.75. The molecule has 2 N–H and O–H groups in total. The Morgan fingerprint density at radius 1 is 1.07 bits per heavy atom. The molecule has 4 rings (SSSR count). The Labute approximate surface area is 170 Å². The highest BCUT2D eigenvalue weighted by molar-refractivity contribution is 6.45. The van der Waals surface area contributed by atoms with E-state index >= 15 is 0 Å². The molecule has 0 saturated heterocycles. The van der Waals surface area contributed by atoms with Gasteiger partial charge in [0.2, 0.25) is 0 Å². The van der Waals surface area contributed by atoms with E-state index in [0.29, 0.717) is 10.0 Å². The number of nitrogens with zero attached hydrogens (tertiary/aromatic N) is 1. The van der Waals surface area contributed by atoms with Gasteiger partial charge in [-0.05, 0) is 55.6 Å². The highest BCUT2D eigenvalue weighted by atomic mass is 35.5. The second-order valence-corrected chi connectivity index (χ2v) is 8.04. The fourth-order valence-corrected chi connectivity index (χ4v) is 4.52. The molecule has 142 valence electrons. The minimum Gasteiger partial charge on any atom is -0.383 e. The van der Waals surface area contributed by atoms with Gasteiger partial charge in [0, 0.05) is 42.8 Å². The third kappa shape index (κ3) is 3.44. The predicted molar refractivity (Wildman–Crippen MR) is 117 cm³/mol. The van der Waals surface area contributed by atoms with E-state index in [0.717, 1.165) is 44.5 Å². The summed E-state index contributed by atoms with van der Waals surface area (Å²) >= 11 is 13.0. The zero-order valence-corrected chi connectivity index (χ0v) is 17.3. The maximum absolute atomic E-state index is 6.64. The maximum Gasteiger partial charge on any atom is 0.0835 e. The second-order valence-electron chi connectivity index (χ2n) is 7.26. The molecule has 1 aliphatic heterocycles. The molecule has 2 heterocycles. The minimum atomic E-state index is 0.624. The third-order valence-electron chi connectivity index (χ3n) is 5.68. The van der Waals surface area contributed by atoms with Gasteiger partial charge in [-0.2, -0.15) is 0 Å². The Bertz CT molecular complexity index is 991. The predicted octanol–water partition coefficient (Wildman–Crippen LogP) is 5.37. The number of hydrogen-bond donors (Lipinski definition) is 2. The Hall–Kier alpha value is -1.68. The molecule has 1 aliphatic rings. The van der Waals surface area contributed by atoms with Gasteiger partial charge in [-0.3, -0.25) is 0 Å². The summed E-state index contributed by atoms with van der Waals surface area (Å²) in [6, 6.07) is 10.4. The van der Waals surface area contributed by atoms with Gasteiger partial charge >= 0.3 is 0 Å². The van der Waals surface area contributed by atoms with Gasteiger partial charge in [-0.25, -0.2) is 0 Å². The van der Waals surface area contributed by atoms with E-state index in [1.807, 2.05) is 6.07 Å². The first-order chi connectivity index (χ1) is 13.1. The maximum atomic E-state index is 6.64. The summed E-state index contributed by atoms with van der Waals surface area (Å²) in [4.78, 5) is 0. The van der Waals surface area contributed by atoms with Gasteiger partial charge in [0.1, 0.15) is 0 Å². The zero-order valence-electron chi connectivity index (χ0n) is 15.8. The molecular weight excluding hydrogens is 377 g/mol. The number of halogens is 2. The van der Waals surface area contributed by atoms with Crippen LogP contribution < -0.4 is 10.6 Å². The molecule has 0 spiro atoms. The first-order valence-corrected chi connectivity index (χ1v) is 10.3. The lowest BCUT2D eigenvalue weighted by Gasteiger charge is -2.15. The molecule has 0 atom stereocenters. The number of benzene rings is 2. The number of aromatic nitrogens is 1. The molecule has 0 amide bonds. The van der Waals surface area contributed by atoms with Crippen LogP contribution in [0.25, 0.3) is 10.9 Å². The zero-order chi connectivity index (χ0) is 19.0. The van der Waals surface area contributed by atoms with Gasteiger partial charge in [-0.15, -0.1) is 0 Å². The van der Waals surface area contributed by atoms with E-state index in [1.165, 1.54) is 33.5 Å². The fourth-order valence-electron chi connectivity index (χ4n) is 4.10. The van der Waals surface area contributed by atoms with E-state index in [2.05, 4.69) is 53.3 Å². The molecule has 3 nitrogen and oxygen atoms in total. The van der Waals surface area contributed by atoms with E-state index < -0.39 is 0 Å². The van der Waals surface area contributed by atoms with E-state index in [1.54, 1.807) is 0 Å². The largest absolute Gasteiger partial charge is 0.383 e. The molecule has 0 fully saturated rings. The Morgan fingerprint density at radius 3 is 2.74 bits per heavy atom. The van der Waals surface area contributed by atoms with Gasteiger partial charge < -0.3 is 15.2 Å². The summed E-state index contributed by atoms with van der Waals surface area (Å²) in [5.74, 6) is 0. The first kappa shape index (κ1) is 18.7. The summed E-state index contributed by atoms with van der Waals surface area (Å²) in [6.07, 6.45) is 2.04. The summed E-state index contributed by atoms with van der Waals surface area (Å²) in [5, 5.41) is 9.64. The molecule has 27 heavy (non-hydrogen) atoms. The van der Waals surface area contributed by atoms with E-state index in [-0.39, 0.29) is 0 Å². The van der Waals surface area contributed by atoms with Crippen LogP contribution in [0.4, 0.5) is 5.69 Å². The lowest BCUT2D eigenvalue weighted by atomic mass is 10.1. The summed E-state index contributed by atoms with van der Waals surface area (Å²) < 4.78 is 2.38. The van der Waals surface area contributed by atoms with Gasteiger partial charge in [0.15, 0.2) is 0 Å². The van der Waals surface area contributed by atoms with Crippen molar-refractivity contribution in [3.8, 4) is 0 Å². The van der Waals surface area contributed by atoms with Crippen LogP contribution in [0.2, 0.25) is 10.0 Å². The average Bonchev–Trinajstić information content (AvgIpc) is 2.81. The smallest absolute Gasteiger partial charge is 0.0835 e. The summed E-state index contributed by atoms with van der Waals surface area (Å²) in [5.41, 5.74) is 7.70. The SMILES string of the molecule is Cc1cccc(NCCn2c3c(c4ccc(Cl)c(Cl)c42)CCNCC3)c1C. The van der Waals surface area contributed by atoms with Crippen LogP contribution in [0.5, 0.6) is 0 Å². The van der Waals surface area contributed by atoms with Crippen LogP contribution in [-0.4, -0.2) is 24.2 Å². The van der Waals surface area contributed by atoms with Crippen LogP contribution >= 0.6 is 23.2 Å². The van der Waals surface area contributed by atoms with Crippen molar-refractivity contribution in [1.29, 1.82) is 0 Å². The number of aryl methyl sites for hydroxylation is 1. The van der Waals surface area contributed by atoms with Crippen molar-refractivity contribution >= 4 is 39.8 Å². The molecule has 0 radical (unpaired) electrons. The first-order valence-electron chi connectivity index (χ1n) is 9.56. The van der Waals surface area contributed by atoms with Gasteiger partial charge in [-0.1, -0.05) is 41.4 Å². The van der Waals surface area contributed by atoms with Crippen molar-refractivity contribution < 1.29 is 0 Å². The Kier molecular flexibility index (Phi) is 5.36. The van der Waals surface area contributed by atoms with Crippen molar-refractivity contribution in [2.75, 3.05) is 25.0 Å². The van der Waals surface area contributed by atoms with Crippen LogP contribution in [0.15, 0.2) is 30.3 Å². The third-order valence-corrected chi connectivity index (χ3v) is 6.48. The number of nitrogens with one attached hydrogen (secondary N) is 2. The fraction of sp³-hybridized carbons (Fsp3) is 0.364. The summed E-state index contributed by atoms with van der Waals surface area (Å²) in [7, 11) is 0. The molecule has 2 aromatic carbocycles. The van der Waals surface area contributed by atoms with Crippen LogP contribution in [0.3, 0.4) is 0 Å². The average molecular weight is 402 g/mol. The Balaban J connectivity index is 1.69. The quantitative estimate of drug-likeness (QED) is 0.615. The highest BCUT2D eigenvalue weighted by Gasteiger charge is 2.21. The molecule has 0 saturated carbocycles. The standard InChI is InChI=1S/C22H25Cl2N3/c1-14-4-3-5-19(15(14)2)26-12-13-27-20-9-11-25-10-8-16(20)17-6-7-18(23)21(24)22(17)27/h3-7,25-26H,8-13H2,1-2H3. The van der Waals surface area contributed by atoms with Crippen molar-refractivity contribution in [3.05, 3.63) is 62.8 Å². The van der Waals surface area contributed by atoms with Crippen LogP contribution in [-0.2, 0) is 19.4 Å². The van der Waals surface area contributed by atoms with Gasteiger partial charge in [0.25, 0.3) is 0 Å². The van der Waals surface area contributed by atoms with Crippen LogP contribution in [0, 0.1) is 13.8 Å². The normalized spacial score (nSPS) is 14.2. The highest BCUT2D eigenvalue weighted by Crippen LogP contribution is 2.37. The number of hydrogen-bond acceptors (Lipinski definition) is 2. The number of anilines is 1. The lowest BCUT2D eigenvalue weighted by Crippen LogP contribution is -2.18. The molecule has 0 unspecified atom stereocenters. The van der Waals surface area contributed by atoms with Crippen molar-refractivity contribution in [1.82, 2.24) is 9.88 Å². The lowest BCUT2D eigenvalue weighted by molar-refractivity contribution is 0.674. The number of fused-ring (bicyclic) bond motifs is 3. The molecule has 3 aromatic rings. The topological polar surface area (TPSA) is 29.0 Å². The van der Waals surface area contributed by atoms with E-state index in [4.69, 9.17) is 23.2 Å². The molecule has 0 aliphatic carbocycles. The van der Waals surface area contributed by atoms with Crippen molar-refractivity contribution in [3.63, 3.8) is 0 Å². The molecular formula is C22H25Cl2N3. The van der Waals surface area contributed by atoms with Crippen LogP contribution in [0.1, 0.15) is 22.4 Å². The number of rotatable bonds is 4. The van der Waals surface area contributed by atoms with Crippen molar-refractivity contribution in [2.24, 2.45) is 0 Å². The minimum absolute atomic E-state index is 0.624. The monoisotopic (exact) mass is 401 g/mol. The summed E-state index contributed by atoms with van der Waals surface area (Å²) in [6.45, 7) is 8.02. The van der Waals surface area contributed by atoms with Crippen molar-refractivity contribution in [2.45, 2.75) is 33.2 Å². The molecule has 1 aromatic heterocycles. The molecule has 5 heteroatoms. The van der Waals surface area contributed by atoms with Gasteiger partial charge in [0.05, 0.1) is 15.6 Å².